The Hall–Kier alpha value is -1.34. The fraction of sp³-hybridized carbons (Fsp3) is 0.250. The monoisotopic (exact) mass is 181 g/mol. The van der Waals surface area contributed by atoms with Gasteiger partial charge in [0.2, 0.25) is 0 Å². The molecule has 0 aliphatic carbocycles. The van der Waals surface area contributed by atoms with Crippen molar-refractivity contribution in [3.8, 4) is 12.3 Å². The zero-order chi connectivity index (χ0) is 8.97. The number of methoxy groups -OCH3 is 1. The van der Waals surface area contributed by atoms with Gasteiger partial charge in [0.25, 0.3) is 0 Å². The molecule has 4 heteroatoms. The molecule has 1 heterocycles. The third-order valence-corrected chi connectivity index (χ3v) is 2.07. The average molecular weight is 181 g/mol. The highest BCUT2D eigenvalue weighted by molar-refractivity contribution is 7.09. The summed E-state index contributed by atoms with van der Waals surface area (Å²) in [6.07, 6.45) is 5.30. The van der Waals surface area contributed by atoms with Gasteiger partial charge in [-0.25, -0.2) is 4.98 Å². The van der Waals surface area contributed by atoms with Crippen LogP contribution < -0.4 is 0 Å². The SMILES string of the molecule is C#Cc1csc(CC(=O)OC)n1. The quantitative estimate of drug-likeness (QED) is 0.501. The summed E-state index contributed by atoms with van der Waals surface area (Å²) in [4.78, 5) is 14.8. The predicted octanol–water partition coefficient (Wildman–Crippen LogP) is 0.840. The van der Waals surface area contributed by atoms with Crippen LogP contribution in [0.5, 0.6) is 0 Å². The number of nitrogens with zero attached hydrogens (tertiary/aromatic N) is 1. The van der Waals surface area contributed by atoms with Crippen LogP contribution in [0.2, 0.25) is 0 Å². The second-order valence-electron chi connectivity index (χ2n) is 2.02. The molecule has 0 aromatic carbocycles. The highest BCUT2D eigenvalue weighted by Crippen LogP contribution is 2.09. The molecule has 0 radical (unpaired) electrons. The number of carbonyl (C=O) groups excluding carboxylic acids is 1. The van der Waals surface area contributed by atoms with Crippen molar-refractivity contribution in [2.45, 2.75) is 6.42 Å². The van der Waals surface area contributed by atoms with Crippen LogP contribution in [-0.4, -0.2) is 18.1 Å². The molecule has 0 atom stereocenters. The Morgan fingerprint density at radius 1 is 1.92 bits per heavy atom. The van der Waals surface area contributed by atoms with Gasteiger partial charge < -0.3 is 4.74 Å². The first-order chi connectivity index (χ1) is 5.76. The number of rotatable bonds is 2. The van der Waals surface area contributed by atoms with Gasteiger partial charge in [0.1, 0.15) is 10.7 Å². The maximum Gasteiger partial charge on any atom is 0.312 e. The van der Waals surface area contributed by atoms with E-state index < -0.39 is 0 Å². The van der Waals surface area contributed by atoms with Crippen molar-refractivity contribution in [3.05, 3.63) is 16.1 Å². The van der Waals surface area contributed by atoms with Crippen molar-refractivity contribution >= 4 is 17.3 Å². The summed E-state index contributed by atoms with van der Waals surface area (Å²) in [6.45, 7) is 0. The van der Waals surface area contributed by atoms with Gasteiger partial charge in [-0.05, 0) is 5.92 Å². The Bertz CT molecular complexity index is 324. The lowest BCUT2D eigenvalue weighted by Crippen LogP contribution is -2.03. The van der Waals surface area contributed by atoms with E-state index in [9.17, 15) is 4.79 Å². The molecule has 1 rings (SSSR count). The summed E-state index contributed by atoms with van der Waals surface area (Å²) in [7, 11) is 1.35. The molecule has 0 aliphatic rings. The zero-order valence-electron chi connectivity index (χ0n) is 6.53. The van der Waals surface area contributed by atoms with Crippen molar-refractivity contribution in [3.63, 3.8) is 0 Å². The Balaban J connectivity index is 2.65. The van der Waals surface area contributed by atoms with Gasteiger partial charge in [-0.1, -0.05) is 0 Å². The molecule has 0 unspecified atom stereocenters. The van der Waals surface area contributed by atoms with Crippen molar-refractivity contribution in [1.82, 2.24) is 4.98 Å². The fourth-order valence-corrected chi connectivity index (χ4v) is 1.37. The molecule has 0 N–H and O–H groups in total. The standard InChI is InChI=1S/C8H7NO2S/c1-3-6-5-12-7(9-6)4-8(10)11-2/h1,5H,4H2,2H3. The predicted molar refractivity (Wildman–Crippen MR) is 45.8 cm³/mol. The van der Waals surface area contributed by atoms with Gasteiger partial charge in [0.05, 0.1) is 13.5 Å². The average Bonchev–Trinajstić information content (AvgIpc) is 2.52. The molecular weight excluding hydrogens is 174 g/mol. The molecule has 0 saturated heterocycles. The van der Waals surface area contributed by atoms with Gasteiger partial charge in [0.15, 0.2) is 0 Å². The van der Waals surface area contributed by atoms with Gasteiger partial charge in [-0.2, -0.15) is 0 Å². The topological polar surface area (TPSA) is 39.2 Å². The molecular formula is C8H7NO2S. The molecule has 0 bridgehead atoms. The van der Waals surface area contributed by atoms with Crippen LogP contribution in [0, 0.1) is 12.3 Å². The van der Waals surface area contributed by atoms with Crippen molar-refractivity contribution < 1.29 is 9.53 Å². The summed E-state index contributed by atoms with van der Waals surface area (Å²) in [5.41, 5.74) is 0.568. The molecule has 62 valence electrons. The summed E-state index contributed by atoms with van der Waals surface area (Å²) >= 11 is 1.36. The smallest absolute Gasteiger partial charge is 0.312 e. The number of hydrogen-bond donors (Lipinski definition) is 0. The first-order valence-electron chi connectivity index (χ1n) is 3.24. The lowest BCUT2D eigenvalue weighted by molar-refractivity contribution is -0.139. The van der Waals surface area contributed by atoms with Crippen LogP contribution in [0.1, 0.15) is 10.7 Å². The number of aromatic nitrogens is 1. The van der Waals surface area contributed by atoms with Crippen LogP contribution in [-0.2, 0) is 16.0 Å². The van der Waals surface area contributed by atoms with E-state index in [1.54, 1.807) is 5.38 Å². The molecule has 1 aromatic rings. The van der Waals surface area contributed by atoms with Crippen LogP contribution in [0.15, 0.2) is 5.38 Å². The fourth-order valence-electron chi connectivity index (χ4n) is 0.654. The maximum absolute atomic E-state index is 10.8. The van der Waals surface area contributed by atoms with Gasteiger partial charge >= 0.3 is 5.97 Å². The number of esters is 1. The molecule has 0 saturated carbocycles. The highest BCUT2D eigenvalue weighted by Gasteiger charge is 2.06. The lowest BCUT2D eigenvalue weighted by atomic mass is 10.4. The third kappa shape index (κ3) is 2.07. The molecule has 0 fully saturated rings. The Kier molecular flexibility index (Phi) is 2.83. The van der Waals surface area contributed by atoms with Crippen molar-refractivity contribution in [1.29, 1.82) is 0 Å². The highest BCUT2D eigenvalue weighted by atomic mass is 32.1. The largest absolute Gasteiger partial charge is 0.469 e. The second-order valence-corrected chi connectivity index (χ2v) is 2.97. The van der Waals surface area contributed by atoms with Crippen LogP contribution in [0.25, 0.3) is 0 Å². The number of thiazole rings is 1. The van der Waals surface area contributed by atoms with E-state index in [-0.39, 0.29) is 12.4 Å². The van der Waals surface area contributed by atoms with Crippen LogP contribution >= 0.6 is 11.3 Å². The van der Waals surface area contributed by atoms with Crippen LogP contribution in [0.4, 0.5) is 0 Å². The summed E-state index contributed by atoms with van der Waals surface area (Å²) < 4.78 is 4.47. The number of hydrogen-bond acceptors (Lipinski definition) is 4. The van der Waals surface area contributed by atoms with E-state index in [0.717, 1.165) is 0 Å². The summed E-state index contributed by atoms with van der Waals surface area (Å²) in [6, 6.07) is 0. The number of terminal acetylenes is 1. The molecule has 0 amide bonds. The summed E-state index contributed by atoms with van der Waals surface area (Å²) in [5.74, 6) is 2.09. The number of ether oxygens (including phenoxy) is 1. The molecule has 12 heavy (non-hydrogen) atoms. The Morgan fingerprint density at radius 2 is 2.67 bits per heavy atom. The molecule has 1 aromatic heterocycles. The van der Waals surface area contributed by atoms with E-state index in [2.05, 4.69) is 15.6 Å². The molecule has 0 aliphatic heterocycles. The van der Waals surface area contributed by atoms with E-state index in [0.29, 0.717) is 10.7 Å². The number of carbonyl (C=O) groups is 1. The summed E-state index contributed by atoms with van der Waals surface area (Å²) in [5, 5.41) is 2.42. The van der Waals surface area contributed by atoms with Gasteiger partial charge in [-0.15, -0.1) is 17.8 Å². The normalized spacial score (nSPS) is 9.00. The molecule has 0 spiro atoms. The van der Waals surface area contributed by atoms with Crippen molar-refractivity contribution in [2.24, 2.45) is 0 Å². The minimum Gasteiger partial charge on any atom is -0.469 e. The second kappa shape index (κ2) is 3.88. The first kappa shape index (κ1) is 8.75. The minimum atomic E-state index is -0.298. The molecule has 3 nitrogen and oxygen atoms in total. The van der Waals surface area contributed by atoms with Crippen LogP contribution in [0.3, 0.4) is 0 Å². The lowest BCUT2D eigenvalue weighted by Gasteiger charge is -1.92. The Morgan fingerprint density at radius 3 is 3.17 bits per heavy atom. The van der Waals surface area contributed by atoms with Gasteiger partial charge in [0, 0.05) is 5.38 Å². The Labute approximate surface area is 74.4 Å². The van der Waals surface area contributed by atoms with Crippen molar-refractivity contribution in [2.75, 3.05) is 7.11 Å². The van der Waals surface area contributed by atoms with E-state index in [4.69, 9.17) is 6.42 Å². The third-order valence-electron chi connectivity index (χ3n) is 1.22. The van der Waals surface area contributed by atoms with E-state index in [1.165, 1.54) is 18.4 Å². The zero-order valence-corrected chi connectivity index (χ0v) is 7.35. The minimum absolute atomic E-state index is 0.197. The van der Waals surface area contributed by atoms with E-state index >= 15 is 0 Å². The van der Waals surface area contributed by atoms with E-state index in [1.807, 2.05) is 0 Å². The maximum atomic E-state index is 10.8. The van der Waals surface area contributed by atoms with Gasteiger partial charge in [-0.3, -0.25) is 4.79 Å². The first-order valence-corrected chi connectivity index (χ1v) is 4.12.